The number of amides is 3. The van der Waals surface area contributed by atoms with Crippen molar-refractivity contribution in [3.63, 3.8) is 0 Å². The van der Waals surface area contributed by atoms with Gasteiger partial charge in [0.1, 0.15) is 11.6 Å². The smallest absolute Gasteiger partial charge is 0.249 e. The molecule has 2 fully saturated rings. The van der Waals surface area contributed by atoms with Crippen LogP contribution in [0.5, 0.6) is 0 Å². The third-order valence-corrected chi connectivity index (χ3v) is 8.46. The summed E-state index contributed by atoms with van der Waals surface area (Å²) in [6, 6.07) is -1.49. The molecule has 0 aromatic rings. The molecule has 0 bridgehead atoms. The highest BCUT2D eigenvalue weighted by Crippen LogP contribution is 2.58. The van der Waals surface area contributed by atoms with Crippen molar-refractivity contribution in [2.75, 3.05) is 26.2 Å². The largest absolute Gasteiger partial charge is 0.394 e. The maximum absolute atomic E-state index is 14.2. The number of hydrogen-bond donors (Lipinski definition) is 1. The average Bonchev–Trinajstić information content (AvgIpc) is 3.14. The van der Waals surface area contributed by atoms with Crippen molar-refractivity contribution in [2.24, 2.45) is 11.8 Å². The molecule has 8 nitrogen and oxygen atoms in total. The average molecular weight is 488 g/mol. The van der Waals surface area contributed by atoms with Crippen molar-refractivity contribution < 1.29 is 24.2 Å². The Morgan fingerprint density at radius 3 is 2.31 bits per heavy atom. The number of hydrogen-bond acceptors (Lipinski definition) is 5. The molecular formula is C27H41N3O5. The van der Waals surface area contributed by atoms with Crippen molar-refractivity contribution in [3.8, 4) is 0 Å². The molecule has 0 aromatic carbocycles. The van der Waals surface area contributed by atoms with Gasteiger partial charge in [-0.15, -0.1) is 0 Å². The highest BCUT2D eigenvalue weighted by Gasteiger charge is 2.75. The predicted molar refractivity (Wildman–Crippen MR) is 132 cm³/mol. The minimum Gasteiger partial charge on any atom is -0.394 e. The highest BCUT2D eigenvalue weighted by molar-refractivity contribution is 6.00. The highest BCUT2D eigenvalue weighted by atomic mass is 16.5. The summed E-state index contributed by atoms with van der Waals surface area (Å²) in [5.74, 6) is -2.08. The summed E-state index contributed by atoms with van der Waals surface area (Å²) in [4.78, 5) is 47.5. The summed E-state index contributed by atoms with van der Waals surface area (Å²) in [7, 11) is 0. The van der Waals surface area contributed by atoms with E-state index in [4.69, 9.17) is 4.74 Å². The SMILES string of the molecule is CCCC(C)N1CC=C[C@]23O[C@]4(CC)C=CCN(CCC)C(=O)[C@@H]4[C@H]2C(=O)N([C@H](C)CO)C3C1=O. The van der Waals surface area contributed by atoms with Gasteiger partial charge in [-0.05, 0) is 33.1 Å². The molecule has 2 saturated heterocycles. The van der Waals surface area contributed by atoms with Crippen molar-refractivity contribution in [3.05, 3.63) is 24.3 Å². The lowest BCUT2D eigenvalue weighted by atomic mass is 9.73. The van der Waals surface area contributed by atoms with E-state index in [-0.39, 0.29) is 30.4 Å². The van der Waals surface area contributed by atoms with Crippen molar-refractivity contribution in [1.29, 1.82) is 0 Å². The fourth-order valence-electron chi connectivity index (χ4n) is 6.77. The lowest BCUT2D eigenvalue weighted by Gasteiger charge is -2.41. The molecule has 1 N–H and O–H groups in total. The number of rotatable bonds is 8. The van der Waals surface area contributed by atoms with Crippen LogP contribution in [0.1, 0.15) is 60.3 Å². The van der Waals surface area contributed by atoms with Crippen LogP contribution in [-0.4, -0.2) is 93.1 Å². The van der Waals surface area contributed by atoms with Gasteiger partial charge in [0.25, 0.3) is 0 Å². The second-order valence-electron chi connectivity index (χ2n) is 10.6. The molecule has 3 amide bonds. The second kappa shape index (κ2) is 9.69. The Bertz CT molecular complexity index is 918. The molecule has 4 aliphatic rings. The van der Waals surface area contributed by atoms with Crippen LogP contribution in [0.15, 0.2) is 24.3 Å². The van der Waals surface area contributed by atoms with E-state index in [1.165, 1.54) is 4.90 Å². The molecular weight excluding hydrogens is 446 g/mol. The zero-order valence-corrected chi connectivity index (χ0v) is 21.8. The third-order valence-electron chi connectivity index (χ3n) is 8.46. The van der Waals surface area contributed by atoms with E-state index in [1.807, 2.05) is 50.0 Å². The zero-order valence-electron chi connectivity index (χ0n) is 21.8. The molecule has 8 heteroatoms. The fourth-order valence-corrected chi connectivity index (χ4v) is 6.77. The van der Waals surface area contributed by atoms with Crippen molar-refractivity contribution >= 4 is 17.7 Å². The van der Waals surface area contributed by atoms with Crippen LogP contribution in [0.2, 0.25) is 0 Å². The summed E-state index contributed by atoms with van der Waals surface area (Å²) in [5.41, 5.74) is -2.21. The maximum atomic E-state index is 14.2. The van der Waals surface area contributed by atoms with Crippen LogP contribution in [-0.2, 0) is 19.1 Å². The molecule has 35 heavy (non-hydrogen) atoms. The summed E-state index contributed by atoms with van der Waals surface area (Å²) < 4.78 is 6.92. The van der Waals surface area contributed by atoms with Crippen molar-refractivity contribution in [1.82, 2.24) is 14.7 Å². The van der Waals surface area contributed by atoms with E-state index in [0.29, 0.717) is 26.1 Å². The number of aliphatic hydroxyl groups is 1. The molecule has 194 valence electrons. The van der Waals surface area contributed by atoms with Crippen LogP contribution in [0.4, 0.5) is 0 Å². The number of fused-ring (bicyclic) bond motifs is 2. The number of likely N-dealkylation sites (tertiary alicyclic amines) is 1. The molecule has 7 atom stereocenters. The van der Waals surface area contributed by atoms with Crippen LogP contribution < -0.4 is 0 Å². The van der Waals surface area contributed by atoms with Crippen LogP contribution in [0.3, 0.4) is 0 Å². The van der Waals surface area contributed by atoms with Gasteiger partial charge in [0, 0.05) is 25.7 Å². The van der Waals surface area contributed by atoms with E-state index >= 15 is 0 Å². The van der Waals surface area contributed by atoms with Crippen LogP contribution >= 0.6 is 0 Å². The van der Waals surface area contributed by atoms with E-state index in [2.05, 4.69) is 6.92 Å². The van der Waals surface area contributed by atoms with Gasteiger partial charge in [0.15, 0.2) is 0 Å². The molecule has 0 saturated carbocycles. The standard InChI is InChI=1S/C27H41N3O5/c1-6-11-18(4)29-16-10-13-27-21(24(33)30(19(5)17-31)22(27)25(29)34)20-23(32)28(14-7-2)15-9-12-26(20,8-3)35-27/h9-10,12-13,18-22,31H,6-8,11,14-17H2,1-5H3/t18?,19-,20+,21+,22?,26-,27+/m1/s1. The first-order chi connectivity index (χ1) is 16.7. The molecule has 0 aliphatic carbocycles. The first-order valence-electron chi connectivity index (χ1n) is 13.3. The van der Waals surface area contributed by atoms with Gasteiger partial charge >= 0.3 is 0 Å². The van der Waals surface area contributed by atoms with Gasteiger partial charge in [-0.1, -0.05) is 51.5 Å². The van der Waals surface area contributed by atoms with E-state index < -0.39 is 35.1 Å². The fraction of sp³-hybridized carbons (Fsp3) is 0.741. The van der Waals surface area contributed by atoms with Gasteiger partial charge in [-0.25, -0.2) is 0 Å². The Morgan fingerprint density at radius 1 is 0.971 bits per heavy atom. The first-order valence-corrected chi connectivity index (χ1v) is 13.3. The van der Waals surface area contributed by atoms with Gasteiger partial charge in [-0.2, -0.15) is 0 Å². The Morgan fingerprint density at radius 2 is 1.69 bits per heavy atom. The van der Waals surface area contributed by atoms with Crippen LogP contribution in [0.25, 0.3) is 0 Å². The maximum Gasteiger partial charge on any atom is 0.249 e. The molecule has 1 spiro atoms. The molecule has 0 aromatic heterocycles. The van der Waals surface area contributed by atoms with Gasteiger partial charge < -0.3 is 24.5 Å². The number of ether oxygens (including phenoxy) is 1. The monoisotopic (exact) mass is 487 g/mol. The van der Waals surface area contributed by atoms with Gasteiger partial charge in [0.2, 0.25) is 17.7 Å². The minimum absolute atomic E-state index is 0.00123. The minimum atomic E-state index is -1.26. The Hall–Kier alpha value is -2.19. The summed E-state index contributed by atoms with van der Waals surface area (Å²) in [5, 5.41) is 10.1. The van der Waals surface area contributed by atoms with Gasteiger partial charge in [-0.3, -0.25) is 14.4 Å². The zero-order chi connectivity index (χ0) is 25.5. The molecule has 0 radical (unpaired) electrons. The lowest BCUT2D eigenvalue weighted by molar-refractivity contribution is -0.157. The first kappa shape index (κ1) is 25.9. The van der Waals surface area contributed by atoms with E-state index in [9.17, 15) is 19.5 Å². The van der Waals surface area contributed by atoms with E-state index in [1.54, 1.807) is 11.8 Å². The molecule has 2 unspecified atom stereocenters. The Balaban J connectivity index is 1.88. The number of carbonyl (C=O) groups is 3. The summed E-state index contributed by atoms with van der Waals surface area (Å²) >= 11 is 0. The second-order valence-corrected chi connectivity index (χ2v) is 10.6. The Kier molecular flexibility index (Phi) is 7.17. The normalized spacial score (nSPS) is 36.1. The molecule has 4 heterocycles. The number of carbonyl (C=O) groups excluding carboxylic acids is 3. The molecule has 4 aliphatic heterocycles. The topological polar surface area (TPSA) is 90.4 Å². The summed E-state index contributed by atoms with van der Waals surface area (Å²) in [6.45, 7) is 11.1. The number of nitrogens with zero attached hydrogens (tertiary/aromatic N) is 3. The Labute approximate surface area is 208 Å². The lowest BCUT2D eigenvalue weighted by Crippen LogP contribution is -2.59. The van der Waals surface area contributed by atoms with E-state index in [0.717, 1.165) is 19.3 Å². The quantitative estimate of drug-likeness (QED) is 0.530. The van der Waals surface area contributed by atoms with Gasteiger partial charge in [0.05, 0.1) is 30.1 Å². The molecule has 4 rings (SSSR count). The van der Waals surface area contributed by atoms with Crippen molar-refractivity contribution in [2.45, 2.75) is 89.6 Å². The summed E-state index contributed by atoms with van der Waals surface area (Å²) in [6.07, 6.45) is 10.9. The van der Waals surface area contributed by atoms with Crippen LogP contribution in [0, 0.1) is 11.8 Å². The third kappa shape index (κ3) is 3.75. The predicted octanol–water partition coefficient (Wildman–Crippen LogP) is 2.12. The number of aliphatic hydroxyl groups excluding tert-OH is 1.